The van der Waals surface area contributed by atoms with Crippen LogP contribution in [0, 0.1) is 0 Å². The maximum Gasteiger partial charge on any atom is 0.270 e. The van der Waals surface area contributed by atoms with Crippen molar-refractivity contribution in [1.29, 1.82) is 0 Å². The third kappa shape index (κ3) is 3.51. The summed E-state index contributed by atoms with van der Waals surface area (Å²) in [7, 11) is 4.67. The van der Waals surface area contributed by atoms with Gasteiger partial charge < -0.3 is 19.5 Å². The highest BCUT2D eigenvalue weighted by Gasteiger charge is 2.15. The normalized spacial score (nSPS) is 10.4. The van der Waals surface area contributed by atoms with E-state index in [1.807, 2.05) is 6.07 Å². The first-order valence-electron chi connectivity index (χ1n) is 7.95. The van der Waals surface area contributed by atoms with Gasteiger partial charge in [-0.25, -0.2) is 4.98 Å². The van der Waals surface area contributed by atoms with E-state index in [2.05, 4.69) is 15.3 Å². The second kappa shape index (κ2) is 7.69. The van der Waals surface area contributed by atoms with Crippen LogP contribution in [-0.4, -0.2) is 37.2 Å². The van der Waals surface area contributed by atoms with Gasteiger partial charge in [-0.2, -0.15) is 0 Å². The lowest BCUT2D eigenvalue weighted by atomic mass is 10.1. The van der Waals surface area contributed by atoms with Crippen molar-refractivity contribution in [3.8, 4) is 17.2 Å². The van der Waals surface area contributed by atoms with Crippen LogP contribution in [0.5, 0.6) is 17.2 Å². The second-order valence-corrected chi connectivity index (χ2v) is 5.43. The predicted octanol–water partition coefficient (Wildman–Crippen LogP) is 2.59. The molecule has 134 valence electrons. The first kappa shape index (κ1) is 17.5. The van der Waals surface area contributed by atoms with Crippen molar-refractivity contribution in [1.82, 2.24) is 15.3 Å². The molecule has 3 rings (SSSR count). The molecule has 0 bridgehead atoms. The van der Waals surface area contributed by atoms with Crippen LogP contribution in [0.15, 0.2) is 42.6 Å². The number of ether oxygens (including phenoxy) is 3. The number of benzene rings is 1. The highest BCUT2D eigenvalue weighted by Crippen LogP contribution is 2.33. The van der Waals surface area contributed by atoms with Gasteiger partial charge in [0.05, 0.1) is 44.5 Å². The lowest BCUT2D eigenvalue weighted by molar-refractivity contribution is 0.0946. The van der Waals surface area contributed by atoms with Crippen LogP contribution in [0.3, 0.4) is 0 Å². The fourth-order valence-electron chi connectivity index (χ4n) is 2.59. The Morgan fingerprint density at radius 3 is 2.38 bits per heavy atom. The first-order valence-corrected chi connectivity index (χ1v) is 7.95. The number of hydrogen-bond donors (Lipinski definition) is 1. The van der Waals surface area contributed by atoms with Gasteiger partial charge in [0.25, 0.3) is 5.91 Å². The van der Waals surface area contributed by atoms with E-state index in [4.69, 9.17) is 14.2 Å². The van der Waals surface area contributed by atoms with E-state index in [-0.39, 0.29) is 12.5 Å². The number of rotatable bonds is 6. The summed E-state index contributed by atoms with van der Waals surface area (Å²) in [6.07, 6.45) is 1.69. The number of hydrogen-bond acceptors (Lipinski definition) is 6. The lowest BCUT2D eigenvalue weighted by Crippen LogP contribution is -2.24. The molecule has 1 amide bonds. The van der Waals surface area contributed by atoms with Crippen LogP contribution < -0.4 is 19.5 Å². The topological polar surface area (TPSA) is 82.6 Å². The number of pyridine rings is 2. The number of methoxy groups -OCH3 is 3. The number of amides is 1. The molecule has 0 saturated carbocycles. The Hall–Kier alpha value is -3.35. The number of aromatic nitrogens is 2. The molecule has 1 N–H and O–H groups in total. The standard InChI is InChI=1S/C19H19N3O4/c1-24-12-9-17(25-2)13(18(10-12)26-3)11-21-19(23)16-7-6-14-15(22-16)5-4-8-20-14/h4-10H,11H2,1-3H3,(H,21,23). The predicted molar refractivity (Wildman–Crippen MR) is 96.8 cm³/mol. The minimum absolute atomic E-state index is 0.224. The molecule has 7 nitrogen and oxygen atoms in total. The Balaban J connectivity index is 1.82. The Morgan fingerprint density at radius 1 is 1.00 bits per heavy atom. The van der Waals surface area contributed by atoms with Gasteiger partial charge >= 0.3 is 0 Å². The summed E-state index contributed by atoms with van der Waals surface area (Å²) in [4.78, 5) is 21.0. The van der Waals surface area contributed by atoms with Gasteiger partial charge in [0.1, 0.15) is 22.9 Å². The highest BCUT2D eigenvalue weighted by atomic mass is 16.5. The van der Waals surface area contributed by atoms with E-state index in [1.54, 1.807) is 57.9 Å². The monoisotopic (exact) mass is 353 g/mol. The van der Waals surface area contributed by atoms with Gasteiger partial charge in [0, 0.05) is 18.3 Å². The number of carbonyl (C=O) groups is 1. The van der Waals surface area contributed by atoms with Gasteiger partial charge in [-0.1, -0.05) is 0 Å². The molecule has 0 unspecified atom stereocenters. The third-order valence-electron chi connectivity index (χ3n) is 3.93. The molecule has 0 aliphatic rings. The molecule has 26 heavy (non-hydrogen) atoms. The molecule has 2 aromatic heterocycles. The molecule has 2 heterocycles. The van der Waals surface area contributed by atoms with E-state index < -0.39 is 0 Å². The van der Waals surface area contributed by atoms with Crippen molar-refractivity contribution in [3.63, 3.8) is 0 Å². The molecule has 0 fully saturated rings. The van der Waals surface area contributed by atoms with Crippen molar-refractivity contribution in [2.24, 2.45) is 0 Å². The number of fused-ring (bicyclic) bond motifs is 1. The van der Waals surface area contributed by atoms with Gasteiger partial charge in [0.15, 0.2) is 0 Å². The fourth-order valence-corrected chi connectivity index (χ4v) is 2.59. The van der Waals surface area contributed by atoms with Crippen molar-refractivity contribution < 1.29 is 19.0 Å². The molecule has 0 saturated heterocycles. The molecular formula is C19H19N3O4. The van der Waals surface area contributed by atoms with E-state index in [0.717, 1.165) is 5.52 Å². The average Bonchev–Trinajstić information content (AvgIpc) is 2.70. The van der Waals surface area contributed by atoms with Crippen molar-refractivity contribution in [2.45, 2.75) is 6.54 Å². The zero-order valence-corrected chi connectivity index (χ0v) is 14.8. The van der Waals surface area contributed by atoms with Gasteiger partial charge in [0.2, 0.25) is 0 Å². The molecule has 0 aliphatic carbocycles. The average molecular weight is 353 g/mol. The molecular weight excluding hydrogens is 334 g/mol. The number of nitrogens with one attached hydrogen (secondary N) is 1. The van der Waals surface area contributed by atoms with Crippen LogP contribution >= 0.6 is 0 Å². The number of nitrogens with zero attached hydrogens (tertiary/aromatic N) is 2. The zero-order chi connectivity index (χ0) is 18.5. The van der Waals surface area contributed by atoms with Gasteiger partial charge in [-0.3, -0.25) is 9.78 Å². The van der Waals surface area contributed by atoms with E-state index in [0.29, 0.717) is 34.0 Å². The Labute approximate surface area is 150 Å². The van der Waals surface area contributed by atoms with Crippen LogP contribution in [0.4, 0.5) is 0 Å². The summed E-state index contributed by atoms with van der Waals surface area (Å²) < 4.78 is 16.0. The maximum absolute atomic E-state index is 12.5. The van der Waals surface area contributed by atoms with Crippen molar-refractivity contribution in [2.75, 3.05) is 21.3 Å². The van der Waals surface area contributed by atoms with Crippen molar-refractivity contribution in [3.05, 3.63) is 53.9 Å². The summed E-state index contributed by atoms with van der Waals surface area (Å²) in [6.45, 7) is 0.224. The van der Waals surface area contributed by atoms with Crippen LogP contribution in [0.1, 0.15) is 16.1 Å². The summed E-state index contributed by atoms with van der Waals surface area (Å²) in [5.41, 5.74) is 2.44. The quantitative estimate of drug-likeness (QED) is 0.733. The lowest BCUT2D eigenvalue weighted by Gasteiger charge is -2.15. The van der Waals surface area contributed by atoms with E-state index in [9.17, 15) is 4.79 Å². The van der Waals surface area contributed by atoms with Gasteiger partial charge in [-0.05, 0) is 24.3 Å². The Bertz CT molecular complexity index is 918. The smallest absolute Gasteiger partial charge is 0.270 e. The third-order valence-corrected chi connectivity index (χ3v) is 3.93. The fraction of sp³-hybridized carbons (Fsp3) is 0.211. The summed E-state index contributed by atoms with van der Waals surface area (Å²) >= 11 is 0. The van der Waals surface area contributed by atoms with E-state index in [1.165, 1.54) is 0 Å². The summed E-state index contributed by atoms with van der Waals surface area (Å²) in [5, 5.41) is 2.84. The van der Waals surface area contributed by atoms with Crippen LogP contribution in [-0.2, 0) is 6.54 Å². The maximum atomic E-state index is 12.5. The van der Waals surface area contributed by atoms with Gasteiger partial charge in [-0.15, -0.1) is 0 Å². The minimum atomic E-state index is -0.296. The summed E-state index contributed by atoms with van der Waals surface area (Å²) in [5.74, 6) is 1.45. The highest BCUT2D eigenvalue weighted by molar-refractivity contribution is 5.94. The Kier molecular flexibility index (Phi) is 5.17. The molecule has 3 aromatic rings. The molecule has 1 aromatic carbocycles. The number of carbonyl (C=O) groups excluding carboxylic acids is 1. The SMILES string of the molecule is COc1cc(OC)c(CNC(=O)c2ccc3ncccc3n2)c(OC)c1. The van der Waals surface area contributed by atoms with E-state index >= 15 is 0 Å². The molecule has 0 spiro atoms. The second-order valence-electron chi connectivity index (χ2n) is 5.43. The zero-order valence-electron chi connectivity index (χ0n) is 14.8. The Morgan fingerprint density at radius 2 is 1.73 bits per heavy atom. The molecule has 0 aliphatic heterocycles. The van der Waals surface area contributed by atoms with Crippen molar-refractivity contribution >= 4 is 16.9 Å². The first-order chi connectivity index (χ1) is 12.7. The minimum Gasteiger partial charge on any atom is -0.496 e. The van der Waals surface area contributed by atoms with Crippen LogP contribution in [0.25, 0.3) is 11.0 Å². The molecule has 0 radical (unpaired) electrons. The largest absolute Gasteiger partial charge is 0.496 e. The molecule has 7 heteroatoms. The van der Waals surface area contributed by atoms with Crippen LogP contribution in [0.2, 0.25) is 0 Å². The summed E-state index contributed by atoms with van der Waals surface area (Å²) in [6, 6.07) is 10.5. The molecule has 0 atom stereocenters.